The van der Waals surface area contributed by atoms with Gasteiger partial charge in [-0.2, -0.15) is 0 Å². The van der Waals surface area contributed by atoms with Crippen LogP contribution in [0.5, 0.6) is 0 Å². The van der Waals surface area contributed by atoms with E-state index >= 15 is 0 Å². The van der Waals surface area contributed by atoms with Crippen molar-refractivity contribution in [1.82, 2.24) is 10.3 Å². The number of carbonyl (C=O) groups is 1. The van der Waals surface area contributed by atoms with E-state index in [9.17, 15) is 4.79 Å². The van der Waals surface area contributed by atoms with Gasteiger partial charge in [-0.1, -0.05) is 0 Å². The molecule has 2 fully saturated rings. The molecule has 1 N–H and O–H groups in total. The van der Waals surface area contributed by atoms with Crippen LogP contribution < -0.4 is 10.2 Å². The van der Waals surface area contributed by atoms with Crippen molar-refractivity contribution in [3.63, 3.8) is 0 Å². The SMILES string of the molecule is O=C(CNC1CC1)OCC1CCCN(c2ccncc2)C1. The molecular weight excluding hydrogens is 266 g/mol. The van der Waals surface area contributed by atoms with Crippen LogP contribution in [-0.2, 0) is 9.53 Å². The molecule has 1 aliphatic carbocycles. The van der Waals surface area contributed by atoms with Gasteiger partial charge in [-0.25, -0.2) is 0 Å². The van der Waals surface area contributed by atoms with Gasteiger partial charge in [-0.3, -0.25) is 9.78 Å². The summed E-state index contributed by atoms with van der Waals surface area (Å²) in [7, 11) is 0. The average Bonchev–Trinajstić information content (AvgIpc) is 3.36. The fourth-order valence-electron chi connectivity index (χ4n) is 2.77. The fraction of sp³-hybridized carbons (Fsp3) is 0.625. The molecule has 1 aliphatic heterocycles. The average molecular weight is 289 g/mol. The van der Waals surface area contributed by atoms with Crippen molar-refractivity contribution in [3.8, 4) is 0 Å². The fourth-order valence-corrected chi connectivity index (χ4v) is 2.77. The number of carbonyl (C=O) groups excluding carboxylic acids is 1. The molecule has 0 spiro atoms. The number of esters is 1. The summed E-state index contributed by atoms with van der Waals surface area (Å²) >= 11 is 0. The first kappa shape index (κ1) is 14.3. The number of hydrogen-bond donors (Lipinski definition) is 1. The molecule has 0 bridgehead atoms. The van der Waals surface area contributed by atoms with Gasteiger partial charge >= 0.3 is 5.97 Å². The first-order valence-corrected chi connectivity index (χ1v) is 7.85. The Hall–Kier alpha value is -1.62. The molecule has 1 saturated carbocycles. The number of rotatable bonds is 6. The molecule has 2 aliphatic rings. The maximum absolute atomic E-state index is 11.7. The molecule has 1 aromatic rings. The maximum Gasteiger partial charge on any atom is 0.319 e. The predicted octanol–water partition coefficient (Wildman–Crippen LogP) is 1.59. The van der Waals surface area contributed by atoms with E-state index < -0.39 is 0 Å². The molecule has 114 valence electrons. The number of anilines is 1. The molecule has 0 aromatic carbocycles. The van der Waals surface area contributed by atoms with Gasteiger partial charge in [0.25, 0.3) is 0 Å². The van der Waals surface area contributed by atoms with Crippen LogP contribution in [0, 0.1) is 5.92 Å². The Morgan fingerprint density at radius 1 is 1.33 bits per heavy atom. The van der Waals surface area contributed by atoms with Crippen molar-refractivity contribution < 1.29 is 9.53 Å². The van der Waals surface area contributed by atoms with Crippen molar-refractivity contribution in [2.24, 2.45) is 5.92 Å². The lowest BCUT2D eigenvalue weighted by Gasteiger charge is -2.34. The standard InChI is InChI=1S/C16H23N3O2/c20-16(10-18-14-3-4-14)21-12-13-2-1-9-19(11-13)15-5-7-17-8-6-15/h5-8,13-14,18H,1-4,9-12H2. The third-order valence-electron chi connectivity index (χ3n) is 4.14. The van der Waals surface area contributed by atoms with E-state index in [4.69, 9.17) is 4.74 Å². The Bertz CT molecular complexity index is 462. The first-order valence-electron chi connectivity index (χ1n) is 7.85. The van der Waals surface area contributed by atoms with Crippen LogP contribution in [-0.4, -0.2) is 43.2 Å². The number of ether oxygens (including phenoxy) is 1. The predicted molar refractivity (Wildman–Crippen MR) is 81.2 cm³/mol. The van der Waals surface area contributed by atoms with E-state index in [0.717, 1.165) is 25.9 Å². The number of pyridine rings is 1. The van der Waals surface area contributed by atoms with E-state index in [2.05, 4.69) is 15.2 Å². The highest BCUT2D eigenvalue weighted by molar-refractivity contribution is 5.71. The van der Waals surface area contributed by atoms with Crippen molar-refractivity contribution in [2.45, 2.75) is 31.7 Å². The van der Waals surface area contributed by atoms with E-state index in [0.29, 0.717) is 25.1 Å². The zero-order valence-electron chi connectivity index (χ0n) is 12.3. The zero-order chi connectivity index (χ0) is 14.5. The molecule has 0 amide bonds. The second kappa shape index (κ2) is 6.89. The molecule has 2 heterocycles. The minimum absolute atomic E-state index is 0.122. The largest absolute Gasteiger partial charge is 0.464 e. The Kier molecular flexibility index (Phi) is 4.70. The van der Waals surface area contributed by atoms with Crippen LogP contribution in [0.25, 0.3) is 0 Å². The third kappa shape index (κ3) is 4.43. The second-order valence-electron chi connectivity index (χ2n) is 6.00. The number of piperidine rings is 1. The topological polar surface area (TPSA) is 54.5 Å². The zero-order valence-corrected chi connectivity index (χ0v) is 12.3. The Labute approximate surface area is 125 Å². The van der Waals surface area contributed by atoms with Gasteiger partial charge in [0.1, 0.15) is 0 Å². The Morgan fingerprint density at radius 2 is 2.14 bits per heavy atom. The summed E-state index contributed by atoms with van der Waals surface area (Å²) in [4.78, 5) is 18.1. The number of nitrogens with one attached hydrogen (secondary N) is 1. The van der Waals surface area contributed by atoms with Gasteiger partial charge in [0.15, 0.2) is 0 Å². The van der Waals surface area contributed by atoms with E-state index in [-0.39, 0.29) is 5.97 Å². The summed E-state index contributed by atoms with van der Waals surface area (Å²) in [6.07, 6.45) is 8.30. The summed E-state index contributed by atoms with van der Waals surface area (Å²) in [6, 6.07) is 4.62. The third-order valence-corrected chi connectivity index (χ3v) is 4.14. The van der Waals surface area contributed by atoms with Gasteiger partial charge in [-0.15, -0.1) is 0 Å². The number of aromatic nitrogens is 1. The highest BCUT2D eigenvalue weighted by atomic mass is 16.5. The number of nitrogens with zero attached hydrogens (tertiary/aromatic N) is 2. The minimum atomic E-state index is -0.122. The molecular formula is C16H23N3O2. The molecule has 21 heavy (non-hydrogen) atoms. The molecule has 5 heteroatoms. The van der Waals surface area contributed by atoms with E-state index in [1.54, 1.807) is 0 Å². The molecule has 1 saturated heterocycles. The summed E-state index contributed by atoms with van der Waals surface area (Å²) in [5, 5.41) is 3.19. The summed E-state index contributed by atoms with van der Waals surface area (Å²) in [5.74, 6) is 0.305. The summed E-state index contributed by atoms with van der Waals surface area (Å²) in [5.41, 5.74) is 1.21. The molecule has 3 rings (SSSR count). The van der Waals surface area contributed by atoms with E-state index in [1.807, 2.05) is 24.5 Å². The molecule has 1 atom stereocenters. The second-order valence-corrected chi connectivity index (χ2v) is 6.00. The van der Waals surface area contributed by atoms with Crippen LogP contribution in [0.2, 0.25) is 0 Å². The Morgan fingerprint density at radius 3 is 2.90 bits per heavy atom. The summed E-state index contributed by atoms with van der Waals surface area (Å²) in [6.45, 7) is 2.91. The number of hydrogen-bond acceptors (Lipinski definition) is 5. The van der Waals surface area contributed by atoms with Gasteiger partial charge in [-0.05, 0) is 37.8 Å². The lowest BCUT2D eigenvalue weighted by molar-refractivity contribution is -0.144. The van der Waals surface area contributed by atoms with Crippen LogP contribution in [0.3, 0.4) is 0 Å². The molecule has 1 aromatic heterocycles. The normalized spacial score (nSPS) is 22.1. The monoisotopic (exact) mass is 289 g/mol. The first-order chi connectivity index (χ1) is 10.3. The quantitative estimate of drug-likeness (QED) is 0.806. The van der Waals surface area contributed by atoms with Gasteiger partial charge in [0, 0.05) is 43.1 Å². The van der Waals surface area contributed by atoms with Crippen LogP contribution in [0.15, 0.2) is 24.5 Å². The maximum atomic E-state index is 11.7. The van der Waals surface area contributed by atoms with Crippen LogP contribution in [0.1, 0.15) is 25.7 Å². The lowest BCUT2D eigenvalue weighted by atomic mass is 9.98. The van der Waals surface area contributed by atoms with E-state index in [1.165, 1.54) is 18.5 Å². The highest BCUT2D eigenvalue weighted by Gasteiger charge is 2.23. The van der Waals surface area contributed by atoms with Crippen molar-refractivity contribution in [3.05, 3.63) is 24.5 Å². The molecule has 0 radical (unpaired) electrons. The van der Waals surface area contributed by atoms with Crippen molar-refractivity contribution in [2.75, 3.05) is 31.1 Å². The summed E-state index contributed by atoms with van der Waals surface area (Å²) < 4.78 is 5.40. The van der Waals surface area contributed by atoms with Gasteiger partial charge in [0.05, 0.1) is 13.2 Å². The van der Waals surface area contributed by atoms with Crippen molar-refractivity contribution in [1.29, 1.82) is 0 Å². The van der Waals surface area contributed by atoms with Gasteiger partial charge < -0.3 is 15.0 Å². The van der Waals surface area contributed by atoms with Crippen molar-refractivity contribution >= 4 is 11.7 Å². The van der Waals surface area contributed by atoms with Crippen LogP contribution in [0.4, 0.5) is 5.69 Å². The smallest absolute Gasteiger partial charge is 0.319 e. The lowest BCUT2D eigenvalue weighted by Crippen LogP contribution is -2.38. The minimum Gasteiger partial charge on any atom is -0.464 e. The Balaban J connectivity index is 1.42. The van der Waals surface area contributed by atoms with Gasteiger partial charge in [0.2, 0.25) is 0 Å². The molecule has 1 unspecified atom stereocenters. The van der Waals surface area contributed by atoms with Crippen LogP contribution >= 0.6 is 0 Å². The molecule has 5 nitrogen and oxygen atoms in total. The highest BCUT2D eigenvalue weighted by Crippen LogP contribution is 2.22.